The van der Waals surface area contributed by atoms with Crippen molar-refractivity contribution < 1.29 is 14.3 Å². The van der Waals surface area contributed by atoms with Crippen LogP contribution in [-0.4, -0.2) is 104 Å². The summed E-state index contributed by atoms with van der Waals surface area (Å²) in [5.74, 6) is 1.84. The Balaban J connectivity index is 1.19. The molecule has 4 heterocycles. The van der Waals surface area contributed by atoms with Crippen LogP contribution in [0.25, 0.3) is 5.82 Å². The van der Waals surface area contributed by atoms with Crippen LogP contribution in [-0.2, 0) is 9.53 Å². The van der Waals surface area contributed by atoms with Gasteiger partial charge < -0.3 is 35.4 Å². The summed E-state index contributed by atoms with van der Waals surface area (Å²) >= 11 is 0. The van der Waals surface area contributed by atoms with Crippen molar-refractivity contribution in [2.45, 2.75) is 53.6 Å². The second kappa shape index (κ2) is 12.5. The molecule has 3 aromatic rings. The zero-order valence-electron chi connectivity index (χ0n) is 26.4. The number of anilines is 5. The first kappa shape index (κ1) is 30.8. The lowest BCUT2D eigenvalue weighted by Gasteiger charge is -2.44. The Kier molecular flexibility index (Phi) is 8.79. The van der Waals surface area contributed by atoms with E-state index in [9.17, 15) is 9.59 Å². The fraction of sp³-hybridized carbons (Fsp3) is 0.533. The van der Waals surface area contributed by atoms with Gasteiger partial charge in [0, 0.05) is 75.7 Å². The summed E-state index contributed by atoms with van der Waals surface area (Å²) < 4.78 is 6.94. The first-order valence-corrected chi connectivity index (χ1v) is 15.0. The van der Waals surface area contributed by atoms with E-state index >= 15 is 0 Å². The summed E-state index contributed by atoms with van der Waals surface area (Å²) in [6, 6.07) is 9.92. The van der Waals surface area contributed by atoms with Crippen LogP contribution >= 0.6 is 0 Å². The molecule has 0 aliphatic carbocycles. The Morgan fingerprint density at radius 1 is 0.977 bits per heavy atom. The number of hydrogen-bond acceptors (Lipinski definition) is 11. The minimum atomic E-state index is -0.250. The number of benzene rings is 1. The molecule has 2 saturated heterocycles. The van der Waals surface area contributed by atoms with Crippen LogP contribution in [0.2, 0.25) is 0 Å². The third kappa shape index (κ3) is 7.12. The van der Waals surface area contributed by atoms with Gasteiger partial charge in [-0.2, -0.15) is 9.67 Å². The maximum atomic E-state index is 12.4. The fourth-order valence-electron chi connectivity index (χ4n) is 5.70. The molecule has 0 bridgehead atoms. The molecule has 14 nitrogen and oxygen atoms in total. The highest BCUT2D eigenvalue weighted by Crippen LogP contribution is 2.25. The van der Waals surface area contributed by atoms with Gasteiger partial charge in [-0.05, 0) is 43.5 Å². The molecule has 0 unspecified atom stereocenters. The molecule has 3 N–H and O–H groups in total. The first-order valence-electron chi connectivity index (χ1n) is 15.0. The summed E-state index contributed by atoms with van der Waals surface area (Å²) in [6.45, 7) is 16.2. The molecule has 0 saturated carbocycles. The molecule has 2 fully saturated rings. The molecule has 0 radical (unpaired) electrons. The van der Waals surface area contributed by atoms with Gasteiger partial charge in [0.1, 0.15) is 12.1 Å². The standard InChI is InChI=1S/C30H43N11O3/c1-20-16-39(17-21(2)40(20)22(3)42)25-15-26(33-19-32-25)41-27(31)35-28(36-41)34-23-7-9-24(10-8-23)37-11-13-38(14-12-37)29(43)44-18-30(4,5)6/h7-10,15,19-21H,11-14,16-18H2,1-6H3,(H3,31,34,35,36)/t20-,21+. The Morgan fingerprint density at radius 2 is 1.61 bits per heavy atom. The lowest BCUT2D eigenvalue weighted by Crippen LogP contribution is -2.58. The van der Waals surface area contributed by atoms with Gasteiger partial charge in [0.15, 0.2) is 5.82 Å². The minimum absolute atomic E-state index is 0.0556. The van der Waals surface area contributed by atoms with Crippen LogP contribution in [0.15, 0.2) is 36.7 Å². The average Bonchev–Trinajstić information content (AvgIpc) is 3.35. The molecule has 2 atom stereocenters. The lowest BCUT2D eigenvalue weighted by atomic mass is 9.99. The first-order chi connectivity index (χ1) is 20.9. The van der Waals surface area contributed by atoms with Gasteiger partial charge in [-0.1, -0.05) is 20.8 Å². The fourth-order valence-corrected chi connectivity index (χ4v) is 5.70. The van der Waals surface area contributed by atoms with Crippen molar-refractivity contribution in [1.82, 2.24) is 34.5 Å². The zero-order chi connectivity index (χ0) is 31.6. The van der Waals surface area contributed by atoms with Gasteiger partial charge in [0.05, 0.1) is 6.61 Å². The molecular weight excluding hydrogens is 562 g/mol. The van der Waals surface area contributed by atoms with Crippen molar-refractivity contribution >= 4 is 41.1 Å². The smallest absolute Gasteiger partial charge is 0.409 e. The maximum absolute atomic E-state index is 12.4. The number of aromatic nitrogens is 5. The highest BCUT2D eigenvalue weighted by Gasteiger charge is 2.32. The van der Waals surface area contributed by atoms with Gasteiger partial charge >= 0.3 is 6.09 Å². The van der Waals surface area contributed by atoms with Gasteiger partial charge in [-0.3, -0.25) is 4.79 Å². The minimum Gasteiger partial charge on any atom is -0.449 e. The number of rotatable bonds is 6. The highest BCUT2D eigenvalue weighted by atomic mass is 16.6. The summed E-state index contributed by atoms with van der Waals surface area (Å²) in [4.78, 5) is 45.8. The molecule has 1 aromatic carbocycles. The van der Waals surface area contributed by atoms with Gasteiger partial charge in [0.25, 0.3) is 0 Å². The third-order valence-electron chi connectivity index (χ3n) is 7.75. The van der Waals surface area contributed by atoms with E-state index in [0.29, 0.717) is 44.6 Å². The Morgan fingerprint density at radius 3 is 2.23 bits per heavy atom. The Labute approximate surface area is 258 Å². The van der Waals surface area contributed by atoms with Crippen LogP contribution in [0.3, 0.4) is 0 Å². The van der Waals surface area contributed by atoms with E-state index < -0.39 is 0 Å². The molecule has 44 heavy (non-hydrogen) atoms. The van der Waals surface area contributed by atoms with E-state index in [2.05, 4.69) is 35.2 Å². The van der Waals surface area contributed by atoms with E-state index in [4.69, 9.17) is 10.5 Å². The average molecular weight is 606 g/mol. The predicted molar refractivity (Wildman–Crippen MR) is 169 cm³/mol. The molecular formula is C30H43N11O3. The molecule has 0 spiro atoms. The second-order valence-electron chi connectivity index (χ2n) is 12.7. The molecule has 5 rings (SSSR count). The molecule has 2 aliphatic heterocycles. The maximum Gasteiger partial charge on any atom is 0.409 e. The number of nitrogens with zero attached hydrogens (tertiary/aromatic N) is 9. The number of nitrogens with two attached hydrogens (primary N) is 1. The topological polar surface area (TPSA) is 151 Å². The van der Waals surface area contributed by atoms with E-state index in [-0.39, 0.29) is 35.4 Å². The van der Waals surface area contributed by atoms with Crippen molar-refractivity contribution in [3.8, 4) is 5.82 Å². The molecule has 2 amide bonds. The van der Waals surface area contributed by atoms with E-state index in [0.717, 1.165) is 30.3 Å². The number of amides is 2. The molecule has 2 aromatic heterocycles. The van der Waals surface area contributed by atoms with E-state index in [1.165, 1.54) is 11.0 Å². The number of nitrogen functional groups attached to an aromatic ring is 1. The van der Waals surface area contributed by atoms with E-state index in [1.54, 1.807) is 11.8 Å². The van der Waals surface area contributed by atoms with Crippen LogP contribution in [0.4, 0.5) is 33.9 Å². The summed E-state index contributed by atoms with van der Waals surface area (Å²) in [5.41, 5.74) is 8.05. The molecule has 2 aliphatic rings. The highest BCUT2D eigenvalue weighted by molar-refractivity contribution is 5.74. The number of nitrogens with one attached hydrogen (secondary N) is 1. The van der Waals surface area contributed by atoms with Crippen LogP contribution in [0.5, 0.6) is 0 Å². The molecule has 14 heteroatoms. The quantitative estimate of drug-likeness (QED) is 0.426. The summed E-state index contributed by atoms with van der Waals surface area (Å²) in [6.07, 6.45) is 1.24. The summed E-state index contributed by atoms with van der Waals surface area (Å²) in [7, 11) is 0. The second-order valence-corrected chi connectivity index (χ2v) is 12.7. The van der Waals surface area contributed by atoms with Crippen molar-refractivity contribution in [2.75, 3.05) is 66.7 Å². The number of piperazine rings is 2. The SMILES string of the molecule is CC(=O)N1[C@H](C)CN(c2cc(-n3nc(Nc4ccc(N5CCN(C(=O)OCC(C)(C)C)CC5)cc4)nc3N)ncn2)C[C@@H]1C. The van der Waals surface area contributed by atoms with Gasteiger partial charge in [0.2, 0.25) is 17.8 Å². The number of hydrogen-bond donors (Lipinski definition) is 2. The Hall–Kier alpha value is -4.62. The molecule has 236 valence electrons. The predicted octanol–water partition coefficient (Wildman–Crippen LogP) is 3.13. The van der Waals surface area contributed by atoms with Crippen molar-refractivity contribution in [1.29, 1.82) is 0 Å². The summed E-state index contributed by atoms with van der Waals surface area (Å²) in [5, 5.41) is 7.76. The van der Waals surface area contributed by atoms with Crippen molar-refractivity contribution in [3.05, 3.63) is 36.7 Å². The largest absolute Gasteiger partial charge is 0.449 e. The number of carbonyl (C=O) groups is 2. The van der Waals surface area contributed by atoms with E-state index in [1.807, 2.05) is 69.9 Å². The van der Waals surface area contributed by atoms with Crippen molar-refractivity contribution in [2.24, 2.45) is 5.41 Å². The lowest BCUT2D eigenvalue weighted by molar-refractivity contribution is -0.133. The Bertz CT molecular complexity index is 1450. The number of ether oxygens (including phenoxy) is 1. The normalized spacial score (nSPS) is 19.2. The van der Waals surface area contributed by atoms with Gasteiger partial charge in [-0.25, -0.2) is 14.8 Å². The zero-order valence-corrected chi connectivity index (χ0v) is 26.4. The third-order valence-corrected chi connectivity index (χ3v) is 7.75. The van der Waals surface area contributed by atoms with Gasteiger partial charge in [-0.15, -0.1) is 5.10 Å². The van der Waals surface area contributed by atoms with Crippen molar-refractivity contribution in [3.63, 3.8) is 0 Å². The van der Waals surface area contributed by atoms with Crippen LogP contribution in [0, 0.1) is 5.41 Å². The number of carbonyl (C=O) groups excluding carboxylic acids is 2. The van der Waals surface area contributed by atoms with Crippen LogP contribution in [0.1, 0.15) is 41.5 Å². The monoisotopic (exact) mass is 605 g/mol. The van der Waals surface area contributed by atoms with Crippen LogP contribution < -0.4 is 20.9 Å².